The molecule has 192 valence electrons. The molecule has 0 unspecified atom stereocenters. The number of carbonyl (C=O) groups is 1. The molecule has 5 rings (SSSR count). The third kappa shape index (κ3) is 4.55. The number of thiocarbonyl (C=S) groups is 1. The lowest BCUT2D eigenvalue weighted by atomic mass is 9.78. The van der Waals surface area contributed by atoms with Crippen LogP contribution in [0.15, 0.2) is 66.7 Å². The lowest BCUT2D eigenvalue weighted by molar-refractivity contribution is -0.130. The molecule has 1 amide bonds. The smallest absolute Gasteiger partial charge is 0.236 e. The largest absolute Gasteiger partial charge is 0.494 e. The Morgan fingerprint density at radius 1 is 1.08 bits per heavy atom. The molecule has 2 heterocycles. The molecule has 2 N–H and O–H groups in total. The predicted molar refractivity (Wildman–Crippen MR) is 149 cm³/mol. The normalized spacial score (nSPS) is 21.8. The number of hydrogen-bond acceptors (Lipinski definition) is 5. The number of anilines is 2. The summed E-state index contributed by atoms with van der Waals surface area (Å²) >= 11 is 11.9. The van der Waals surface area contributed by atoms with Gasteiger partial charge in [0.05, 0.1) is 19.3 Å². The molecule has 9 heteroatoms. The number of hydrogen-bond donors (Lipinski definition) is 2. The van der Waals surface area contributed by atoms with Gasteiger partial charge in [-0.3, -0.25) is 9.69 Å². The van der Waals surface area contributed by atoms with E-state index >= 15 is 0 Å². The van der Waals surface area contributed by atoms with Crippen LogP contribution < -0.4 is 29.7 Å². The SMILES string of the molecule is CCOc1ccc(N2C(=S)N[C@@H]3c4cccc(OCC)c4O[C@@]2(C)[C@@H]3C(=O)Nc2ccc(Cl)cc2)cc1. The second kappa shape index (κ2) is 10.1. The number of benzene rings is 3. The molecule has 0 saturated carbocycles. The van der Waals surface area contributed by atoms with Gasteiger partial charge in [0.15, 0.2) is 22.3 Å². The van der Waals surface area contributed by atoms with E-state index in [-0.39, 0.29) is 5.91 Å². The number of nitrogens with one attached hydrogen (secondary N) is 2. The summed E-state index contributed by atoms with van der Waals surface area (Å²) in [6.07, 6.45) is 0. The fourth-order valence-corrected chi connectivity index (χ4v) is 5.58. The van der Waals surface area contributed by atoms with Crippen LogP contribution in [0.2, 0.25) is 5.02 Å². The standard InChI is InChI=1S/C28H28ClN3O4S/c1-4-34-20-15-13-19(14-16-20)32-27(37)31-24-21-7-6-8-22(35-5-2)25(21)36-28(32,3)23(24)26(33)30-18-11-9-17(29)10-12-18/h6-16,23-24H,4-5H2,1-3H3,(H,30,33)(H,31,37)/t23-,24+,28-/m0/s1. The molecule has 3 aromatic carbocycles. The van der Waals surface area contributed by atoms with Crippen LogP contribution in [0, 0.1) is 5.92 Å². The minimum absolute atomic E-state index is 0.215. The molecule has 7 nitrogen and oxygen atoms in total. The molecule has 0 aliphatic carbocycles. The van der Waals surface area contributed by atoms with Crippen LogP contribution in [0.25, 0.3) is 0 Å². The average molecular weight is 538 g/mol. The Labute approximate surface area is 226 Å². The number of para-hydroxylation sites is 1. The van der Waals surface area contributed by atoms with E-state index in [0.717, 1.165) is 17.0 Å². The van der Waals surface area contributed by atoms with Crippen molar-refractivity contribution in [1.82, 2.24) is 5.32 Å². The summed E-state index contributed by atoms with van der Waals surface area (Å²) in [5.74, 6) is 1.07. The van der Waals surface area contributed by atoms with Gasteiger partial charge in [0, 0.05) is 22.0 Å². The van der Waals surface area contributed by atoms with Crippen LogP contribution in [0.1, 0.15) is 32.4 Å². The van der Waals surface area contributed by atoms with E-state index in [0.29, 0.717) is 40.5 Å². The zero-order valence-corrected chi connectivity index (χ0v) is 22.4. The number of rotatable bonds is 7. The van der Waals surface area contributed by atoms with Crippen molar-refractivity contribution in [2.75, 3.05) is 23.4 Å². The lowest BCUT2D eigenvalue weighted by Crippen LogP contribution is -2.72. The van der Waals surface area contributed by atoms with E-state index < -0.39 is 17.7 Å². The van der Waals surface area contributed by atoms with Crippen molar-refractivity contribution in [2.45, 2.75) is 32.5 Å². The van der Waals surface area contributed by atoms with Crippen molar-refractivity contribution >= 4 is 46.2 Å². The molecule has 0 aromatic heterocycles. The molecule has 37 heavy (non-hydrogen) atoms. The maximum absolute atomic E-state index is 13.9. The maximum atomic E-state index is 13.9. The first-order valence-corrected chi connectivity index (χ1v) is 13.0. The van der Waals surface area contributed by atoms with E-state index in [9.17, 15) is 4.79 Å². The molecular formula is C28H28ClN3O4S. The fourth-order valence-electron chi connectivity index (χ4n) is 5.04. The summed E-state index contributed by atoms with van der Waals surface area (Å²) in [5.41, 5.74) is 1.05. The number of carbonyl (C=O) groups excluding carboxylic acids is 1. The van der Waals surface area contributed by atoms with E-state index in [2.05, 4.69) is 10.6 Å². The number of halogens is 1. The third-order valence-corrected chi connectivity index (χ3v) is 7.14. The topological polar surface area (TPSA) is 72.1 Å². The molecule has 2 aliphatic heterocycles. The molecule has 3 atom stereocenters. The quantitative estimate of drug-likeness (QED) is 0.361. The second-order valence-corrected chi connectivity index (χ2v) is 9.75. The van der Waals surface area contributed by atoms with Crippen LogP contribution in [0.5, 0.6) is 17.2 Å². The van der Waals surface area contributed by atoms with Gasteiger partial charge < -0.3 is 24.8 Å². The van der Waals surface area contributed by atoms with Gasteiger partial charge in [-0.25, -0.2) is 0 Å². The highest BCUT2D eigenvalue weighted by atomic mass is 35.5. The van der Waals surface area contributed by atoms with Gasteiger partial charge >= 0.3 is 0 Å². The minimum Gasteiger partial charge on any atom is -0.494 e. The Bertz CT molecular complexity index is 1320. The van der Waals surface area contributed by atoms with Crippen LogP contribution in [0.3, 0.4) is 0 Å². The van der Waals surface area contributed by atoms with Crippen molar-refractivity contribution in [3.63, 3.8) is 0 Å². The molecule has 0 spiro atoms. The van der Waals surface area contributed by atoms with Crippen LogP contribution in [-0.4, -0.2) is 30.0 Å². The molecule has 2 bridgehead atoms. The molecule has 2 aliphatic rings. The van der Waals surface area contributed by atoms with Gasteiger partial charge in [0.25, 0.3) is 0 Å². The van der Waals surface area contributed by atoms with Crippen molar-refractivity contribution in [1.29, 1.82) is 0 Å². The molecule has 1 fully saturated rings. The lowest BCUT2D eigenvalue weighted by Gasteiger charge is -2.56. The minimum atomic E-state index is -1.17. The second-order valence-electron chi connectivity index (χ2n) is 8.93. The van der Waals surface area contributed by atoms with Gasteiger partial charge in [0.1, 0.15) is 11.7 Å². The van der Waals surface area contributed by atoms with Gasteiger partial charge in [0.2, 0.25) is 5.91 Å². The van der Waals surface area contributed by atoms with Crippen molar-refractivity contribution in [3.05, 3.63) is 77.3 Å². The third-order valence-electron chi connectivity index (χ3n) is 6.59. The molecule has 3 aromatic rings. The van der Waals surface area contributed by atoms with Gasteiger partial charge in [-0.05, 0) is 87.6 Å². The van der Waals surface area contributed by atoms with Gasteiger partial charge in [-0.2, -0.15) is 0 Å². The van der Waals surface area contributed by atoms with E-state index in [1.165, 1.54) is 0 Å². The first kappa shape index (κ1) is 25.2. The summed E-state index contributed by atoms with van der Waals surface area (Å²) in [7, 11) is 0. The monoisotopic (exact) mass is 537 g/mol. The Balaban J connectivity index is 1.61. The first-order chi connectivity index (χ1) is 17.9. The average Bonchev–Trinajstić information content (AvgIpc) is 2.87. The Morgan fingerprint density at radius 3 is 2.46 bits per heavy atom. The molecule has 0 radical (unpaired) electrons. The molecular weight excluding hydrogens is 510 g/mol. The van der Waals surface area contributed by atoms with E-state index in [4.69, 9.17) is 38.0 Å². The van der Waals surface area contributed by atoms with E-state index in [1.807, 2.05) is 68.1 Å². The highest BCUT2D eigenvalue weighted by Crippen LogP contribution is 2.52. The maximum Gasteiger partial charge on any atom is 0.236 e. The van der Waals surface area contributed by atoms with Gasteiger partial charge in [-0.15, -0.1) is 0 Å². The summed E-state index contributed by atoms with van der Waals surface area (Å²) < 4.78 is 18.3. The van der Waals surface area contributed by atoms with Gasteiger partial charge in [-0.1, -0.05) is 23.7 Å². The van der Waals surface area contributed by atoms with Crippen LogP contribution in [0.4, 0.5) is 11.4 Å². The number of amides is 1. The predicted octanol–water partition coefficient (Wildman–Crippen LogP) is 5.94. The number of ether oxygens (including phenoxy) is 3. The fraction of sp³-hybridized carbons (Fsp3) is 0.286. The number of fused-ring (bicyclic) bond motifs is 4. The Kier molecular flexibility index (Phi) is 6.88. The summed E-state index contributed by atoms with van der Waals surface area (Å²) in [4.78, 5) is 15.8. The van der Waals surface area contributed by atoms with E-state index in [1.54, 1.807) is 24.3 Å². The number of nitrogens with zero attached hydrogens (tertiary/aromatic N) is 1. The first-order valence-electron chi connectivity index (χ1n) is 12.2. The highest BCUT2D eigenvalue weighted by molar-refractivity contribution is 7.80. The zero-order valence-electron chi connectivity index (χ0n) is 20.8. The summed E-state index contributed by atoms with van der Waals surface area (Å²) in [6, 6.07) is 19.8. The summed E-state index contributed by atoms with van der Waals surface area (Å²) in [6.45, 7) is 6.80. The zero-order chi connectivity index (χ0) is 26.2. The van der Waals surface area contributed by atoms with Crippen LogP contribution in [-0.2, 0) is 4.79 Å². The highest BCUT2D eigenvalue weighted by Gasteiger charge is 2.59. The molecule has 1 saturated heterocycles. The van der Waals surface area contributed by atoms with Crippen molar-refractivity contribution in [2.24, 2.45) is 5.92 Å². The van der Waals surface area contributed by atoms with Crippen molar-refractivity contribution < 1.29 is 19.0 Å². The van der Waals surface area contributed by atoms with Crippen LogP contribution >= 0.6 is 23.8 Å². The van der Waals surface area contributed by atoms with Crippen molar-refractivity contribution in [3.8, 4) is 17.2 Å². The Morgan fingerprint density at radius 2 is 1.78 bits per heavy atom. The Hall–Kier alpha value is -3.49. The summed E-state index contributed by atoms with van der Waals surface area (Å²) in [5, 5.41) is 7.51.